The number of rotatable bonds is 2. The van der Waals surface area contributed by atoms with Crippen LogP contribution in [0.1, 0.15) is 73.0 Å². The maximum absolute atomic E-state index is 14.0. The molecule has 4 aliphatic rings. The number of fused-ring (bicyclic) bond motifs is 2. The highest BCUT2D eigenvalue weighted by Gasteiger charge is 2.59. The number of hydrogen-bond donors (Lipinski definition) is 1. The first-order valence-corrected chi connectivity index (χ1v) is 15.5. The monoisotopic (exact) mass is 590 g/mol. The predicted molar refractivity (Wildman–Crippen MR) is 159 cm³/mol. The third kappa shape index (κ3) is 4.71. The Morgan fingerprint density at radius 1 is 1.07 bits per heavy atom. The highest BCUT2D eigenvalue weighted by molar-refractivity contribution is 5.85. The highest BCUT2D eigenvalue weighted by Crippen LogP contribution is 2.55. The number of pyridine rings is 1. The van der Waals surface area contributed by atoms with Crippen LogP contribution < -0.4 is 5.32 Å². The van der Waals surface area contributed by atoms with Crippen molar-refractivity contribution in [3.8, 4) is 0 Å². The summed E-state index contributed by atoms with van der Waals surface area (Å²) in [6, 6.07) is 9.39. The first-order valence-electron chi connectivity index (χ1n) is 15.5. The fourth-order valence-electron chi connectivity index (χ4n) is 8.35. The van der Waals surface area contributed by atoms with Gasteiger partial charge in [-0.2, -0.15) is 0 Å². The number of amides is 1. The maximum Gasteiger partial charge on any atom is 0.408 e. The fourth-order valence-corrected chi connectivity index (χ4v) is 8.35. The highest BCUT2D eigenvalue weighted by atomic mass is 16.6. The van der Waals surface area contributed by atoms with E-state index in [9.17, 15) is 14.4 Å². The van der Waals surface area contributed by atoms with Crippen LogP contribution in [0.5, 0.6) is 0 Å². The van der Waals surface area contributed by atoms with Crippen LogP contribution in [0.25, 0.3) is 10.9 Å². The zero-order valence-electron chi connectivity index (χ0n) is 26.0. The lowest BCUT2D eigenvalue weighted by molar-refractivity contribution is -0.169. The van der Waals surface area contributed by atoms with E-state index in [1.54, 1.807) is 13.8 Å². The molecule has 9 nitrogen and oxygen atoms in total. The van der Waals surface area contributed by atoms with Crippen molar-refractivity contribution in [2.45, 2.75) is 90.8 Å². The van der Waals surface area contributed by atoms with E-state index in [4.69, 9.17) is 23.9 Å². The molecular formula is C34H42N2O7. The van der Waals surface area contributed by atoms with Gasteiger partial charge in [-0.25, -0.2) is 4.79 Å². The molecule has 43 heavy (non-hydrogen) atoms. The minimum Gasteiger partial charge on any atom is -0.489 e. The zero-order chi connectivity index (χ0) is 30.8. The number of nitrogens with zero attached hydrogens (tertiary/aromatic N) is 1. The van der Waals surface area contributed by atoms with Crippen molar-refractivity contribution in [2.75, 3.05) is 6.61 Å². The number of carbonyl (C=O) groups is 3. The molecule has 5 heterocycles. The van der Waals surface area contributed by atoms with Crippen LogP contribution in [0.4, 0.5) is 4.79 Å². The van der Waals surface area contributed by atoms with Crippen LogP contribution in [-0.4, -0.2) is 52.8 Å². The predicted octanol–water partition coefficient (Wildman–Crippen LogP) is 5.67. The number of alkyl carbamates (subject to hydrolysis) is 1. The van der Waals surface area contributed by atoms with Gasteiger partial charge in [0.1, 0.15) is 29.7 Å². The lowest BCUT2D eigenvalue weighted by atomic mass is 9.68. The molecule has 0 aliphatic carbocycles. The molecule has 230 valence electrons. The van der Waals surface area contributed by atoms with Gasteiger partial charge in [-0.3, -0.25) is 14.6 Å². The number of ketones is 1. The summed E-state index contributed by atoms with van der Waals surface area (Å²) in [6.07, 6.45) is 0.946. The number of para-hydroxylation sites is 1. The molecule has 6 rings (SSSR count). The molecule has 0 radical (unpaired) electrons. The third-order valence-electron chi connectivity index (χ3n) is 10.5. The van der Waals surface area contributed by atoms with Crippen molar-refractivity contribution in [1.29, 1.82) is 0 Å². The number of Topliss-reactive ketones (excluding diaryl/α,β-unsaturated/α-hetero) is 1. The summed E-state index contributed by atoms with van der Waals surface area (Å²) in [5.41, 5.74) is 0.842. The minimum absolute atomic E-state index is 0.00565. The molecule has 2 bridgehead atoms. The van der Waals surface area contributed by atoms with Gasteiger partial charge in [0.15, 0.2) is 5.60 Å². The van der Waals surface area contributed by atoms with Crippen molar-refractivity contribution < 1.29 is 33.3 Å². The Morgan fingerprint density at radius 2 is 1.81 bits per heavy atom. The smallest absolute Gasteiger partial charge is 0.408 e. The van der Waals surface area contributed by atoms with Crippen molar-refractivity contribution in [3.63, 3.8) is 0 Å². The normalized spacial score (nSPS) is 39.8. The molecule has 2 aromatic rings. The Labute approximate surface area is 252 Å². The van der Waals surface area contributed by atoms with E-state index < -0.39 is 53.4 Å². The molecule has 1 amide bonds. The van der Waals surface area contributed by atoms with Gasteiger partial charge in [-0.05, 0) is 58.2 Å². The molecule has 1 N–H and O–H groups in total. The van der Waals surface area contributed by atoms with E-state index in [2.05, 4.69) is 18.3 Å². The number of nitrogens with one attached hydrogen (secondary N) is 1. The van der Waals surface area contributed by atoms with Crippen LogP contribution in [0, 0.1) is 29.6 Å². The summed E-state index contributed by atoms with van der Waals surface area (Å²) in [4.78, 5) is 45.1. The zero-order valence-corrected chi connectivity index (χ0v) is 26.0. The van der Waals surface area contributed by atoms with Crippen LogP contribution in [0.15, 0.2) is 47.9 Å². The summed E-state index contributed by atoms with van der Waals surface area (Å²) in [6.45, 7) is 13.7. The Hall–Kier alpha value is -3.46. The Bertz CT molecular complexity index is 1500. The Morgan fingerprint density at radius 3 is 2.56 bits per heavy atom. The molecule has 1 aromatic carbocycles. The van der Waals surface area contributed by atoms with Crippen molar-refractivity contribution >= 4 is 28.7 Å². The number of ether oxygens (including phenoxy) is 4. The van der Waals surface area contributed by atoms with E-state index in [1.807, 2.05) is 58.2 Å². The molecule has 1 aromatic heterocycles. The summed E-state index contributed by atoms with van der Waals surface area (Å²) in [5.74, 6) is -1.69. The molecule has 2 saturated heterocycles. The quantitative estimate of drug-likeness (QED) is 0.445. The molecule has 2 fully saturated rings. The van der Waals surface area contributed by atoms with Crippen LogP contribution in [-0.2, 0) is 28.5 Å². The molecule has 4 aliphatic heterocycles. The first kappa shape index (κ1) is 29.6. The van der Waals surface area contributed by atoms with Gasteiger partial charge >= 0.3 is 12.1 Å². The lowest BCUT2D eigenvalue weighted by Crippen LogP contribution is -2.57. The Balaban J connectivity index is 1.46. The van der Waals surface area contributed by atoms with Crippen LogP contribution in [0.2, 0.25) is 0 Å². The van der Waals surface area contributed by atoms with Gasteiger partial charge in [0.2, 0.25) is 0 Å². The van der Waals surface area contributed by atoms with Gasteiger partial charge in [-0.15, -0.1) is 0 Å². The van der Waals surface area contributed by atoms with Crippen molar-refractivity contribution in [2.24, 2.45) is 29.6 Å². The molecule has 0 spiro atoms. The van der Waals surface area contributed by atoms with Crippen molar-refractivity contribution in [1.82, 2.24) is 10.3 Å². The number of hydrogen-bond acceptors (Lipinski definition) is 8. The second kappa shape index (κ2) is 10.6. The van der Waals surface area contributed by atoms with Crippen LogP contribution >= 0.6 is 0 Å². The van der Waals surface area contributed by atoms with Crippen molar-refractivity contribution in [3.05, 3.63) is 53.4 Å². The third-order valence-corrected chi connectivity index (χ3v) is 10.5. The van der Waals surface area contributed by atoms with Gasteiger partial charge < -0.3 is 24.3 Å². The Kier molecular flexibility index (Phi) is 7.31. The van der Waals surface area contributed by atoms with Crippen LogP contribution in [0.3, 0.4) is 0 Å². The van der Waals surface area contributed by atoms with Gasteiger partial charge in [0.05, 0.1) is 23.8 Å². The molecule has 0 saturated carbocycles. The maximum atomic E-state index is 14.0. The number of esters is 1. The summed E-state index contributed by atoms with van der Waals surface area (Å²) in [7, 11) is 0. The van der Waals surface area contributed by atoms with Gasteiger partial charge in [-0.1, -0.05) is 39.0 Å². The molecule has 0 unspecified atom stereocenters. The average molecular weight is 591 g/mol. The second-order valence-electron chi connectivity index (χ2n) is 13.4. The van der Waals surface area contributed by atoms with E-state index in [0.717, 1.165) is 22.0 Å². The second-order valence-corrected chi connectivity index (χ2v) is 13.4. The number of aromatic nitrogens is 1. The molecule has 10 atom stereocenters. The van der Waals surface area contributed by atoms with Gasteiger partial charge in [0.25, 0.3) is 0 Å². The van der Waals surface area contributed by atoms with E-state index >= 15 is 0 Å². The standard InChI is InChI=1S/C34H42N2O7/c1-8-25-34(7)30(36-32(39)43-34)19(4)27(37)17(2)14-33(6)26-18(3)28(20(5)31(38)41-25)42-29(23(26)16-40-33)22-13-21-11-9-10-12-24(21)35-15-22/h9-13,15,17,19-20,23,25-26,29-30H,8,14,16H2,1-7H3,(H,36,39)/t17-,19+,20-,23-,25-,26+,29+,30-,33-,34-/m1/s1. The number of benzene rings is 1. The fraction of sp³-hybridized carbons (Fsp3) is 0.588. The molecule has 9 heteroatoms. The summed E-state index contributed by atoms with van der Waals surface area (Å²) in [5, 5.41) is 3.85. The average Bonchev–Trinajstić information content (AvgIpc) is 3.50. The summed E-state index contributed by atoms with van der Waals surface area (Å²) < 4.78 is 25.3. The SMILES string of the molecule is CC[C@H]1OC(=O)[C@H](C)C2=C(C)[C@H]3[C@@H](CO[C@]3(C)C[C@@H](C)C(=O)[C@H](C)[C@H]3NC(=O)O[C@@]31C)[C@H](c1cnc3ccccc3c1)O2. The lowest BCUT2D eigenvalue weighted by Gasteiger charge is -2.44. The minimum atomic E-state index is -1.22. The topological polar surface area (TPSA) is 113 Å². The first-order chi connectivity index (χ1) is 20.4. The summed E-state index contributed by atoms with van der Waals surface area (Å²) >= 11 is 0. The largest absolute Gasteiger partial charge is 0.489 e. The van der Waals surface area contributed by atoms with Gasteiger partial charge in [0, 0.05) is 40.8 Å². The molecular weight excluding hydrogens is 548 g/mol. The number of cyclic esters (lactones) is 1. The number of carbonyl (C=O) groups excluding carboxylic acids is 3. The van der Waals surface area contributed by atoms with E-state index in [-0.39, 0.29) is 23.5 Å². The van der Waals surface area contributed by atoms with E-state index in [0.29, 0.717) is 25.2 Å². The van der Waals surface area contributed by atoms with E-state index in [1.165, 1.54) is 0 Å².